The first-order chi connectivity index (χ1) is 11.9. The first kappa shape index (κ1) is 18.5. The lowest BCUT2D eigenvalue weighted by Crippen LogP contribution is -2.49. The number of nitrogens with one attached hydrogen (secondary N) is 3. The van der Waals surface area contributed by atoms with Crippen LogP contribution in [0.15, 0.2) is 28.7 Å². The number of rotatable bonds is 5. The molecule has 1 aromatic heterocycles. The Balaban J connectivity index is 2.13. The van der Waals surface area contributed by atoms with Gasteiger partial charge in [-0.2, -0.15) is 0 Å². The molecule has 2 rings (SSSR count). The summed E-state index contributed by atoms with van der Waals surface area (Å²) in [7, 11) is 0. The minimum Gasteiger partial charge on any atom is -0.450 e. The van der Waals surface area contributed by atoms with Crippen molar-refractivity contribution in [2.24, 2.45) is 0 Å². The van der Waals surface area contributed by atoms with Gasteiger partial charge in [-0.1, -0.05) is 18.2 Å². The van der Waals surface area contributed by atoms with Crippen molar-refractivity contribution in [1.82, 2.24) is 16.2 Å². The average molecular weight is 347 g/mol. The smallest absolute Gasteiger partial charge is 0.327 e. The number of hydrogen-bond donors (Lipinski definition) is 3. The Kier molecular flexibility index (Phi) is 6.13. The molecule has 8 heteroatoms. The van der Waals surface area contributed by atoms with E-state index in [9.17, 15) is 14.4 Å². The average Bonchev–Trinajstić information content (AvgIpc) is 2.95. The minimum atomic E-state index is -0.968. The van der Waals surface area contributed by atoms with E-state index in [0.29, 0.717) is 17.8 Å². The number of amides is 3. The molecule has 0 aliphatic rings. The molecule has 0 aliphatic carbocycles. The van der Waals surface area contributed by atoms with Crippen molar-refractivity contribution < 1.29 is 23.5 Å². The monoisotopic (exact) mass is 347 g/mol. The zero-order chi connectivity index (χ0) is 18.4. The molecule has 8 nitrogen and oxygen atoms in total. The van der Waals surface area contributed by atoms with E-state index in [4.69, 9.17) is 9.15 Å². The highest BCUT2D eigenvalue weighted by Crippen LogP contribution is 2.26. The highest BCUT2D eigenvalue weighted by molar-refractivity contribution is 6.35. The van der Waals surface area contributed by atoms with Crippen molar-refractivity contribution in [3.05, 3.63) is 35.6 Å². The molecule has 0 bridgehead atoms. The van der Waals surface area contributed by atoms with Gasteiger partial charge in [-0.05, 0) is 26.8 Å². The Hall–Kier alpha value is -2.87. The summed E-state index contributed by atoms with van der Waals surface area (Å²) in [5, 5.41) is 3.18. The van der Waals surface area contributed by atoms with Gasteiger partial charge in [0.15, 0.2) is 5.76 Å². The first-order valence-electron chi connectivity index (χ1n) is 7.93. The largest absolute Gasteiger partial charge is 0.450 e. The van der Waals surface area contributed by atoms with Gasteiger partial charge in [0, 0.05) is 23.6 Å². The molecule has 1 heterocycles. The Bertz CT molecular complexity index is 782. The predicted octanol–water partition coefficient (Wildman–Crippen LogP) is 1.25. The van der Waals surface area contributed by atoms with Crippen LogP contribution in [-0.2, 0) is 20.9 Å². The van der Waals surface area contributed by atoms with Gasteiger partial charge < -0.3 is 14.5 Å². The van der Waals surface area contributed by atoms with Crippen LogP contribution in [0.4, 0.5) is 0 Å². The number of ether oxygens (including phenoxy) is 1. The molecule has 0 aliphatic heterocycles. The maximum Gasteiger partial charge on any atom is 0.327 e. The highest BCUT2D eigenvalue weighted by Gasteiger charge is 2.22. The number of carbonyl (C=O) groups excluding carboxylic acids is 3. The third-order valence-corrected chi connectivity index (χ3v) is 3.27. The van der Waals surface area contributed by atoms with E-state index in [1.807, 2.05) is 19.1 Å². The molecular formula is C17H21N3O5. The van der Waals surface area contributed by atoms with Crippen LogP contribution >= 0.6 is 0 Å². The van der Waals surface area contributed by atoms with Crippen LogP contribution in [0, 0.1) is 0 Å². The zero-order valence-electron chi connectivity index (χ0n) is 14.3. The quantitative estimate of drug-likeness (QED) is 0.557. The molecule has 0 fully saturated rings. The number of benzene rings is 1. The fourth-order valence-corrected chi connectivity index (χ4v) is 2.18. The molecule has 0 radical (unpaired) electrons. The van der Waals surface area contributed by atoms with Crippen molar-refractivity contribution in [3.63, 3.8) is 0 Å². The molecular weight excluding hydrogens is 326 g/mol. The van der Waals surface area contributed by atoms with Crippen molar-refractivity contribution in [1.29, 1.82) is 0 Å². The van der Waals surface area contributed by atoms with Crippen LogP contribution in [-0.4, -0.2) is 30.4 Å². The maximum atomic E-state index is 12.3. The van der Waals surface area contributed by atoms with Gasteiger partial charge in [0.2, 0.25) is 0 Å². The van der Waals surface area contributed by atoms with Crippen molar-refractivity contribution in [3.8, 4) is 0 Å². The van der Waals surface area contributed by atoms with Gasteiger partial charge >= 0.3 is 17.7 Å². The van der Waals surface area contributed by atoms with Gasteiger partial charge in [0.25, 0.3) is 0 Å². The third kappa shape index (κ3) is 4.57. The molecule has 3 amide bonds. The van der Waals surface area contributed by atoms with Crippen molar-refractivity contribution >= 4 is 28.7 Å². The Morgan fingerprint density at radius 1 is 1.12 bits per heavy atom. The normalized spacial score (nSPS) is 10.7. The van der Waals surface area contributed by atoms with Crippen LogP contribution < -0.4 is 16.2 Å². The molecule has 0 atom stereocenters. The second kappa shape index (κ2) is 8.29. The molecule has 3 N–H and O–H groups in total. The van der Waals surface area contributed by atoms with Gasteiger partial charge in [0.1, 0.15) is 5.58 Å². The topological polar surface area (TPSA) is 110 Å². The van der Waals surface area contributed by atoms with Crippen LogP contribution in [0.2, 0.25) is 0 Å². The molecule has 0 spiro atoms. The van der Waals surface area contributed by atoms with E-state index < -0.39 is 17.7 Å². The number of fused-ring (bicyclic) bond motifs is 1. The standard InChI is InChI=1S/C17H21N3O5/c1-4-24-9-12-11-7-5-6-8-13(11)25-14(12)15(21)19-20-17(23)16(22)18-10(2)3/h5-8,10H,4,9H2,1-3H3,(H,18,22)(H,19,21)(H,20,23). The molecule has 2 aromatic rings. The summed E-state index contributed by atoms with van der Waals surface area (Å²) in [6.07, 6.45) is 0. The van der Waals surface area contributed by atoms with Crippen LogP contribution in [0.1, 0.15) is 36.9 Å². The second-order valence-corrected chi connectivity index (χ2v) is 5.58. The minimum absolute atomic E-state index is 0.0271. The lowest BCUT2D eigenvalue weighted by Gasteiger charge is -2.09. The number of hydrazine groups is 1. The zero-order valence-corrected chi connectivity index (χ0v) is 14.3. The number of para-hydroxylation sites is 1. The summed E-state index contributed by atoms with van der Waals surface area (Å²) >= 11 is 0. The van der Waals surface area contributed by atoms with E-state index >= 15 is 0 Å². The van der Waals surface area contributed by atoms with E-state index in [1.54, 1.807) is 26.0 Å². The van der Waals surface area contributed by atoms with Crippen LogP contribution in [0.3, 0.4) is 0 Å². The predicted molar refractivity (Wildman–Crippen MR) is 90.4 cm³/mol. The van der Waals surface area contributed by atoms with Gasteiger partial charge in [-0.25, -0.2) is 0 Å². The lowest BCUT2D eigenvalue weighted by atomic mass is 10.1. The van der Waals surface area contributed by atoms with Crippen molar-refractivity contribution in [2.45, 2.75) is 33.4 Å². The summed E-state index contributed by atoms with van der Waals surface area (Å²) in [4.78, 5) is 35.5. The lowest BCUT2D eigenvalue weighted by molar-refractivity contribution is -0.139. The Labute approximate surface area is 144 Å². The summed E-state index contributed by atoms with van der Waals surface area (Å²) in [6, 6.07) is 6.97. The number of furan rings is 1. The summed E-state index contributed by atoms with van der Waals surface area (Å²) in [5.41, 5.74) is 5.36. The number of hydrogen-bond acceptors (Lipinski definition) is 5. The SMILES string of the molecule is CCOCc1c(C(=O)NNC(=O)C(=O)NC(C)C)oc2ccccc12. The van der Waals surface area contributed by atoms with E-state index in [1.165, 1.54) is 0 Å². The third-order valence-electron chi connectivity index (χ3n) is 3.27. The fourth-order valence-electron chi connectivity index (χ4n) is 2.18. The van der Waals surface area contributed by atoms with Crippen LogP contribution in [0.25, 0.3) is 11.0 Å². The van der Waals surface area contributed by atoms with E-state index in [-0.39, 0.29) is 18.4 Å². The second-order valence-electron chi connectivity index (χ2n) is 5.58. The summed E-state index contributed by atoms with van der Waals surface area (Å²) in [5.74, 6) is -2.45. The molecule has 1 aromatic carbocycles. The van der Waals surface area contributed by atoms with E-state index in [2.05, 4.69) is 16.2 Å². The molecule has 0 saturated carbocycles. The molecule has 25 heavy (non-hydrogen) atoms. The Morgan fingerprint density at radius 2 is 1.84 bits per heavy atom. The summed E-state index contributed by atoms with van der Waals surface area (Å²) < 4.78 is 11.0. The number of carbonyl (C=O) groups is 3. The maximum absolute atomic E-state index is 12.3. The van der Waals surface area contributed by atoms with Gasteiger partial charge in [-0.15, -0.1) is 0 Å². The van der Waals surface area contributed by atoms with Crippen molar-refractivity contribution in [2.75, 3.05) is 6.61 Å². The van der Waals surface area contributed by atoms with Crippen LogP contribution in [0.5, 0.6) is 0 Å². The van der Waals surface area contributed by atoms with E-state index in [0.717, 1.165) is 5.39 Å². The summed E-state index contributed by atoms with van der Waals surface area (Å²) in [6.45, 7) is 5.96. The molecule has 134 valence electrons. The molecule has 0 unspecified atom stereocenters. The first-order valence-corrected chi connectivity index (χ1v) is 7.93. The van der Waals surface area contributed by atoms with Gasteiger partial charge in [0.05, 0.1) is 6.61 Å². The van der Waals surface area contributed by atoms with Gasteiger partial charge in [-0.3, -0.25) is 25.2 Å². The molecule has 0 saturated heterocycles. The highest BCUT2D eigenvalue weighted by atomic mass is 16.5. The fraction of sp³-hybridized carbons (Fsp3) is 0.353. The Morgan fingerprint density at radius 3 is 2.52 bits per heavy atom.